The Balaban J connectivity index is 2.18. The molecule has 0 heterocycles. The number of aliphatic carboxylic acids is 1. The molecule has 2 rings (SSSR count). The van der Waals surface area contributed by atoms with Crippen LogP contribution in [0.2, 0.25) is 5.02 Å². The van der Waals surface area contributed by atoms with Crippen molar-refractivity contribution in [2.24, 2.45) is 0 Å². The summed E-state index contributed by atoms with van der Waals surface area (Å²) in [5, 5.41) is 9.62. The minimum Gasteiger partial charge on any atom is -0.478 e. The van der Waals surface area contributed by atoms with Crippen molar-refractivity contribution in [3.05, 3.63) is 76.6 Å². The Hall–Kier alpha value is -2.13. The van der Waals surface area contributed by atoms with E-state index < -0.39 is 5.97 Å². The summed E-state index contributed by atoms with van der Waals surface area (Å²) >= 11 is 5.83. The monoisotopic (exact) mass is 304 g/mol. The van der Waals surface area contributed by atoms with Crippen LogP contribution < -0.4 is 0 Å². The van der Waals surface area contributed by atoms with E-state index in [1.165, 1.54) is 12.1 Å². The van der Waals surface area contributed by atoms with E-state index in [9.17, 15) is 9.18 Å². The Bertz CT molecular complexity index is 663. The maximum Gasteiger partial charge on any atom is 0.328 e. The van der Waals surface area contributed by atoms with Crippen LogP contribution in [0, 0.1) is 5.82 Å². The van der Waals surface area contributed by atoms with E-state index in [0.717, 1.165) is 11.6 Å². The summed E-state index contributed by atoms with van der Waals surface area (Å²) in [7, 11) is 0. The van der Waals surface area contributed by atoms with E-state index in [-0.39, 0.29) is 5.82 Å². The van der Waals surface area contributed by atoms with Crippen LogP contribution in [0.5, 0.6) is 0 Å². The normalized spacial score (nSPS) is 11.4. The summed E-state index contributed by atoms with van der Waals surface area (Å²) in [6.07, 6.45) is 2.30. The molecule has 0 amide bonds. The van der Waals surface area contributed by atoms with Gasteiger partial charge in [-0.3, -0.25) is 0 Å². The maximum absolute atomic E-state index is 13.3. The summed E-state index contributed by atoms with van der Waals surface area (Å²) < 4.78 is 13.3. The quantitative estimate of drug-likeness (QED) is 0.821. The van der Waals surface area contributed by atoms with E-state index in [2.05, 4.69) is 0 Å². The average molecular weight is 305 g/mol. The number of hydrogen-bond acceptors (Lipinski definition) is 1. The van der Waals surface area contributed by atoms with Crippen LogP contribution in [0.4, 0.5) is 4.39 Å². The number of carbonyl (C=O) groups is 1. The van der Waals surface area contributed by atoms with Gasteiger partial charge in [0.2, 0.25) is 0 Å². The minimum absolute atomic E-state index is 0.379. The summed E-state index contributed by atoms with van der Waals surface area (Å²) in [5.74, 6) is -1.42. The van der Waals surface area contributed by atoms with Gasteiger partial charge in [-0.25, -0.2) is 9.18 Å². The largest absolute Gasteiger partial charge is 0.478 e. The molecule has 2 aromatic carbocycles. The Morgan fingerprint density at radius 1 is 1.19 bits per heavy atom. The average Bonchev–Trinajstić information content (AvgIpc) is 2.45. The zero-order valence-electron chi connectivity index (χ0n) is 11.2. The summed E-state index contributed by atoms with van der Waals surface area (Å²) in [4.78, 5) is 10.9. The van der Waals surface area contributed by atoms with Gasteiger partial charge >= 0.3 is 5.97 Å². The highest BCUT2D eigenvalue weighted by Crippen LogP contribution is 2.22. The Kier molecular flexibility index (Phi) is 5.12. The van der Waals surface area contributed by atoms with E-state index in [4.69, 9.17) is 16.7 Å². The van der Waals surface area contributed by atoms with E-state index in [1.54, 1.807) is 24.3 Å². The lowest BCUT2D eigenvalue weighted by atomic mass is 9.98. The molecule has 108 valence electrons. The van der Waals surface area contributed by atoms with E-state index in [1.807, 2.05) is 12.1 Å². The van der Waals surface area contributed by atoms with Crippen molar-refractivity contribution in [1.29, 1.82) is 0 Å². The standard InChI is InChI=1S/C17H14ClFO2/c18-15-8-5-12(6-9-15)4-7-14(11-17(20)21)13-2-1-3-16(19)10-13/h1-3,5-6,8-11H,4,7H2,(H,20,21). The summed E-state index contributed by atoms with van der Waals surface area (Å²) in [6, 6.07) is 13.3. The third kappa shape index (κ3) is 4.72. The third-order valence-corrected chi connectivity index (χ3v) is 3.34. The second kappa shape index (κ2) is 7.04. The smallest absolute Gasteiger partial charge is 0.328 e. The number of benzene rings is 2. The number of allylic oxidation sites excluding steroid dienone is 1. The predicted octanol–water partition coefficient (Wildman–Crippen LogP) is 4.58. The molecule has 4 heteroatoms. The molecular formula is C17H14ClFO2. The van der Waals surface area contributed by atoms with Crippen molar-refractivity contribution >= 4 is 23.1 Å². The summed E-state index contributed by atoms with van der Waals surface area (Å²) in [5.41, 5.74) is 2.23. The molecule has 0 aliphatic rings. The van der Waals surface area contributed by atoms with E-state index in [0.29, 0.717) is 29.0 Å². The minimum atomic E-state index is -1.04. The predicted molar refractivity (Wildman–Crippen MR) is 81.8 cm³/mol. The van der Waals surface area contributed by atoms with E-state index >= 15 is 0 Å². The molecule has 21 heavy (non-hydrogen) atoms. The molecule has 0 aliphatic carbocycles. The van der Waals surface area contributed by atoms with Gasteiger partial charge < -0.3 is 5.11 Å². The lowest BCUT2D eigenvalue weighted by molar-refractivity contribution is -0.131. The molecule has 0 radical (unpaired) electrons. The fourth-order valence-corrected chi connectivity index (χ4v) is 2.19. The molecule has 0 atom stereocenters. The number of carboxylic acids is 1. The molecule has 0 bridgehead atoms. The van der Waals surface area contributed by atoms with Gasteiger partial charge in [-0.15, -0.1) is 0 Å². The van der Waals surface area contributed by atoms with Crippen molar-refractivity contribution in [1.82, 2.24) is 0 Å². The molecule has 2 aromatic rings. The lowest BCUT2D eigenvalue weighted by Crippen LogP contribution is -1.96. The fraction of sp³-hybridized carbons (Fsp3) is 0.118. The first kappa shape index (κ1) is 15.3. The Labute approximate surface area is 127 Å². The van der Waals surface area contributed by atoms with Gasteiger partial charge in [0.25, 0.3) is 0 Å². The molecule has 0 aromatic heterocycles. The first-order valence-electron chi connectivity index (χ1n) is 6.48. The van der Waals surface area contributed by atoms with Crippen LogP contribution in [0.3, 0.4) is 0 Å². The van der Waals surface area contributed by atoms with Gasteiger partial charge in [-0.05, 0) is 53.8 Å². The third-order valence-electron chi connectivity index (χ3n) is 3.09. The first-order chi connectivity index (χ1) is 10.0. The van der Waals surface area contributed by atoms with Crippen molar-refractivity contribution in [3.8, 4) is 0 Å². The van der Waals surface area contributed by atoms with Crippen LogP contribution in [-0.4, -0.2) is 11.1 Å². The van der Waals surface area contributed by atoms with Crippen molar-refractivity contribution in [3.63, 3.8) is 0 Å². The molecule has 0 aliphatic heterocycles. The molecule has 1 N–H and O–H groups in total. The molecule has 0 saturated heterocycles. The highest BCUT2D eigenvalue weighted by Gasteiger charge is 2.06. The second-order valence-electron chi connectivity index (χ2n) is 4.64. The van der Waals surface area contributed by atoms with Crippen LogP contribution in [0.25, 0.3) is 5.57 Å². The zero-order valence-corrected chi connectivity index (χ0v) is 12.0. The number of halogens is 2. The molecule has 0 saturated carbocycles. The number of hydrogen-bond donors (Lipinski definition) is 1. The highest BCUT2D eigenvalue weighted by molar-refractivity contribution is 6.30. The zero-order chi connectivity index (χ0) is 15.2. The van der Waals surface area contributed by atoms with Crippen LogP contribution >= 0.6 is 11.6 Å². The maximum atomic E-state index is 13.3. The van der Waals surface area contributed by atoms with Gasteiger partial charge in [0.15, 0.2) is 0 Å². The fourth-order valence-electron chi connectivity index (χ4n) is 2.07. The number of carboxylic acid groups (broad SMARTS) is 1. The molecule has 2 nitrogen and oxygen atoms in total. The van der Waals surface area contributed by atoms with Gasteiger partial charge in [0.05, 0.1) is 0 Å². The van der Waals surface area contributed by atoms with Gasteiger partial charge in [-0.2, -0.15) is 0 Å². The topological polar surface area (TPSA) is 37.3 Å². The van der Waals surface area contributed by atoms with Gasteiger partial charge in [0.1, 0.15) is 5.82 Å². The second-order valence-corrected chi connectivity index (χ2v) is 5.08. The van der Waals surface area contributed by atoms with Crippen LogP contribution in [0.15, 0.2) is 54.6 Å². The lowest BCUT2D eigenvalue weighted by Gasteiger charge is -2.08. The molecule has 0 fully saturated rings. The number of aryl methyl sites for hydroxylation is 1. The summed E-state index contributed by atoms with van der Waals surface area (Å²) in [6.45, 7) is 0. The van der Waals surface area contributed by atoms with Gasteiger partial charge in [0, 0.05) is 11.1 Å². The van der Waals surface area contributed by atoms with Crippen molar-refractivity contribution in [2.75, 3.05) is 0 Å². The molecule has 0 spiro atoms. The number of rotatable bonds is 5. The van der Waals surface area contributed by atoms with Crippen LogP contribution in [0.1, 0.15) is 17.5 Å². The first-order valence-corrected chi connectivity index (χ1v) is 6.86. The van der Waals surface area contributed by atoms with Gasteiger partial charge in [-0.1, -0.05) is 35.9 Å². The SMILES string of the molecule is O=C(O)C=C(CCc1ccc(Cl)cc1)c1cccc(F)c1. The molecular weight excluding hydrogens is 291 g/mol. The van der Waals surface area contributed by atoms with Crippen molar-refractivity contribution < 1.29 is 14.3 Å². The van der Waals surface area contributed by atoms with Crippen LogP contribution in [-0.2, 0) is 11.2 Å². The Morgan fingerprint density at radius 2 is 1.90 bits per heavy atom. The Morgan fingerprint density at radius 3 is 2.52 bits per heavy atom. The highest BCUT2D eigenvalue weighted by atomic mass is 35.5. The molecule has 0 unspecified atom stereocenters. The van der Waals surface area contributed by atoms with Crippen molar-refractivity contribution in [2.45, 2.75) is 12.8 Å².